The summed E-state index contributed by atoms with van der Waals surface area (Å²) in [5.74, 6) is 1.29. The number of amides is 1. The Kier molecular flexibility index (Phi) is 6.89. The van der Waals surface area contributed by atoms with Gasteiger partial charge in [0.05, 0.1) is 6.04 Å². The van der Waals surface area contributed by atoms with Gasteiger partial charge in [-0.15, -0.1) is 0 Å². The van der Waals surface area contributed by atoms with Crippen LogP contribution in [0.3, 0.4) is 0 Å². The molecule has 5 nitrogen and oxygen atoms in total. The molecule has 182 valence electrons. The van der Waals surface area contributed by atoms with Crippen LogP contribution in [-0.4, -0.2) is 34.2 Å². The lowest BCUT2D eigenvalue weighted by atomic mass is 9.81. The molecular weight excluding hydrogens is 424 g/mol. The molecule has 2 heterocycles. The molecule has 2 aromatic rings. The van der Waals surface area contributed by atoms with Crippen molar-refractivity contribution in [1.82, 2.24) is 9.47 Å². The van der Waals surface area contributed by atoms with Gasteiger partial charge in [0.1, 0.15) is 0 Å². The van der Waals surface area contributed by atoms with E-state index in [1.54, 1.807) is 4.57 Å². The Morgan fingerprint density at radius 3 is 2.53 bits per heavy atom. The van der Waals surface area contributed by atoms with Crippen LogP contribution in [0.25, 0.3) is 10.8 Å². The highest BCUT2D eigenvalue weighted by Crippen LogP contribution is 2.36. The van der Waals surface area contributed by atoms with Crippen molar-refractivity contribution in [2.24, 2.45) is 11.8 Å². The summed E-state index contributed by atoms with van der Waals surface area (Å²) >= 11 is 0. The van der Waals surface area contributed by atoms with Gasteiger partial charge in [-0.05, 0) is 73.9 Å². The van der Waals surface area contributed by atoms with Gasteiger partial charge in [-0.1, -0.05) is 38.3 Å². The van der Waals surface area contributed by atoms with E-state index in [1.807, 2.05) is 36.2 Å². The molecule has 0 spiro atoms. The molecule has 5 rings (SSSR count). The Bertz CT molecular complexity index is 1110. The van der Waals surface area contributed by atoms with Crippen molar-refractivity contribution in [3.8, 4) is 0 Å². The Morgan fingerprint density at radius 1 is 1.00 bits per heavy atom. The molecule has 1 aromatic heterocycles. The van der Waals surface area contributed by atoms with E-state index in [1.165, 1.54) is 6.42 Å². The quantitative estimate of drug-likeness (QED) is 0.537. The van der Waals surface area contributed by atoms with E-state index in [4.69, 9.17) is 0 Å². The topological polar surface area (TPSA) is 59.4 Å². The molecule has 3 fully saturated rings. The third kappa shape index (κ3) is 4.71. The predicted molar refractivity (Wildman–Crippen MR) is 135 cm³/mol. The van der Waals surface area contributed by atoms with Crippen LogP contribution >= 0.6 is 0 Å². The molecule has 2 atom stereocenters. The second kappa shape index (κ2) is 10.1. The van der Waals surface area contributed by atoms with Crippen LogP contribution in [0.2, 0.25) is 0 Å². The lowest BCUT2D eigenvalue weighted by molar-refractivity contribution is -0.133. The number of aromatic nitrogens is 1. The fourth-order valence-electron chi connectivity index (χ4n) is 6.27. The standard InChI is InChI=1S/C29H38N2O3/c1-2-7-26(32)27(21-8-4-3-5-9-21)31-17-15-20-11-14-23(18-25(20)29(31)34)24-10-6-16-30(19-24)28(33)22-12-13-22/h11,14-15,17-18,21-22,24,27H,2-10,12-13,16,19H2,1H3/t24?,27-/m1/s1. The number of hydrogen-bond acceptors (Lipinski definition) is 3. The average molecular weight is 463 g/mol. The second-order valence-corrected chi connectivity index (χ2v) is 10.8. The Morgan fingerprint density at radius 2 is 1.79 bits per heavy atom. The van der Waals surface area contributed by atoms with Crippen LogP contribution in [-0.2, 0) is 9.59 Å². The first-order chi connectivity index (χ1) is 16.6. The highest BCUT2D eigenvalue weighted by Gasteiger charge is 2.36. The zero-order chi connectivity index (χ0) is 23.7. The minimum absolute atomic E-state index is 0.0406. The van der Waals surface area contributed by atoms with E-state index in [0.717, 1.165) is 81.8 Å². The van der Waals surface area contributed by atoms with E-state index >= 15 is 0 Å². The molecule has 2 saturated carbocycles. The number of likely N-dealkylation sites (tertiary alicyclic amines) is 1. The summed E-state index contributed by atoms with van der Waals surface area (Å²) in [6.45, 7) is 3.64. The van der Waals surface area contributed by atoms with Crippen LogP contribution in [0, 0.1) is 11.8 Å². The molecule has 1 aromatic carbocycles. The molecule has 3 aliphatic rings. The molecule has 2 aliphatic carbocycles. The van der Waals surface area contributed by atoms with E-state index in [0.29, 0.717) is 17.7 Å². The summed E-state index contributed by atoms with van der Waals surface area (Å²) in [5, 5.41) is 1.63. The molecule has 1 amide bonds. The number of carbonyl (C=O) groups is 2. The Labute approximate surface area is 202 Å². The molecule has 1 saturated heterocycles. The van der Waals surface area contributed by atoms with Gasteiger partial charge in [-0.2, -0.15) is 0 Å². The number of Topliss-reactive ketones (excluding diaryl/α,β-unsaturated/α-hetero) is 1. The molecule has 0 radical (unpaired) electrons. The Hall–Kier alpha value is -2.43. The summed E-state index contributed by atoms with van der Waals surface area (Å²) in [6, 6.07) is 7.87. The number of ketones is 1. The fourth-order valence-corrected chi connectivity index (χ4v) is 6.27. The van der Waals surface area contributed by atoms with Gasteiger partial charge in [-0.3, -0.25) is 14.4 Å². The van der Waals surface area contributed by atoms with Crippen LogP contribution in [0.1, 0.15) is 95.1 Å². The van der Waals surface area contributed by atoms with Crippen LogP contribution in [0.5, 0.6) is 0 Å². The Balaban J connectivity index is 1.47. The number of carbonyl (C=O) groups excluding carboxylic acids is 2. The van der Waals surface area contributed by atoms with Gasteiger partial charge in [-0.25, -0.2) is 0 Å². The largest absolute Gasteiger partial charge is 0.342 e. The van der Waals surface area contributed by atoms with Crippen molar-refractivity contribution in [2.75, 3.05) is 13.1 Å². The third-order valence-corrected chi connectivity index (χ3v) is 8.31. The molecule has 1 aliphatic heterocycles. The number of pyridine rings is 1. The van der Waals surface area contributed by atoms with Crippen molar-refractivity contribution >= 4 is 22.5 Å². The predicted octanol–water partition coefficient (Wildman–Crippen LogP) is 5.61. The smallest absolute Gasteiger partial charge is 0.259 e. The monoisotopic (exact) mass is 462 g/mol. The summed E-state index contributed by atoms with van der Waals surface area (Å²) in [7, 11) is 0. The molecule has 0 bridgehead atoms. The average Bonchev–Trinajstić information content (AvgIpc) is 3.72. The normalized spacial score (nSPS) is 22.6. The summed E-state index contributed by atoms with van der Waals surface area (Å²) in [5.41, 5.74) is 1.10. The molecule has 34 heavy (non-hydrogen) atoms. The van der Waals surface area contributed by atoms with Gasteiger partial charge in [0, 0.05) is 42.9 Å². The SMILES string of the molecule is CCCC(=O)[C@@H](C1CCCCC1)n1ccc2ccc(C3CCCN(C(=O)C4CC4)C3)cc2c1=O. The summed E-state index contributed by atoms with van der Waals surface area (Å²) in [4.78, 5) is 41.7. The highest BCUT2D eigenvalue weighted by atomic mass is 16.2. The number of benzene rings is 1. The van der Waals surface area contributed by atoms with Crippen LogP contribution < -0.4 is 5.56 Å². The number of piperidine rings is 1. The lowest BCUT2D eigenvalue weighted by Crippen LogP contribution is -2.40. The van der Waals surface area contributed by atoms with Gasteiger partial charge in [0.2, 0.25) is 5.91 Å². The molecule has 0 N–H and O–H groups in total. The molecule has 1 unspecified atom stereocenters. The van der Waals surface area contributed by atoms with Crippen molar-refractivity contribution in [3.05, 3.63) is 46.4 Å². The van der Waals surface area contributed by atoms with Crippen molar-refractivity contribution in [2.45, 2.75) is 89.5 Å². The van der Waals surface area contributed by atoms with E-state index in [9.17, 15) is 14.4 Å². The lowest BCUT2D eigenvalue weighted by Gasteiger charge is -2.33. The van der Waals surface area contributed by atoms with Gasteiger partial charge in [0.25, 0.3) is 5.56 Å². The van der Waals surface area contributed by atoms with E-state index in [2.05, 4.69) is 6.07 Å². The van der Waals surface area contributed by atoms with Crippen molar-refractivity contribution < 1.29 is 9.59 Å². The number of fused-ring (bicyclic) bond motifs is 1. The summed E-state index contributed by atoms with van der Waals surface area (Å²) < 4.78 is 1.75. The first-order valence-corrected chi connectivity index (χ1v) is 13.5. The van der Waals surface area contributed by atoms with E-state index < -0.39 is 0 Å². The zero-order valence-corrected chi connectivity index (χ0v) is 20.5. The number of rotatable bonds is 7. The molecule has 5 heteroatoms. The maximum atomic E-state index is 13.8. The zero-order valence-electron chi connectivity index (χ0n) is 20.5. The highest BCUT2D eigenvalue weighted by molar-refractivity contribution is 5.85. The maximum Gasteiger partial charge on any atom is 0.259 e. The second-order valence-electron chi connectivity index (χ2n) is 10.8. The van der Waals surface area contributed by atoms with Gasteiger partial charge >= 0.3 is 0 Å². The van der Waals surface area contributed by atoms with Crippen molar-refractivity contribution in [1.29, 1.82) is 0 Å². The van der Waals surface area contributed by atoms with Crippen molar-refractivity contribution in [3.63, 3.8) is 0 Å². The number of hydrogen-bond donors (Lipinski definition) is 0. The van der Waals surface area contributed by atoms with Gasteiger partial charge in [0.15, 0.2) is 5.78 Å². The van der Waals surface area contributed by atoms with Crippen LogP contribution in [0.15, 0.2) is 35.3 Å². The third-order valence-electron chi connectivity index (χ3n) is 8.31. The fraction of sp³-hybridized carbons (Fsp3) is 0.621. The minimum atomic E-state index is -0.345. The summed E-state index contributed by atoms with van der Waals surface area (Å²) in [6.07, 6.45) is 12.9. The van der Waals surface area contributed by atoms with Gasteiger partial charge < -0.3 is 9.47 Å². The van der Waals surface area contributed by atoms with E-state index in [-0.39, 0.29) is 35.1 Å². The van der Waals surface area contributed by atoms with Crippen LogP contribution in [0.4, 0.5) is 0 Å². The minimum Gasteiger partial charge on any atom is -0.342 e. The first-order valence-electron chi connectivity index (χ1n) is 13.5. The molecular formula is C29H38N2O3. The number of nitrogens with zero attached hydrogens (tertiary/aromatic N) is 2. The first kappa shape index (κ1) is 23.3. The maximum absolute atomic E-state index is 13.8.